The van der Waals surface area contributed by atoms with Crippen LogP contribution in [-0.4, -0.2) is 54.5 Å². The van der Waals surface area contributed by atoms with Crippen LogP contribution in [0.1, 0.15) is 36.7 Å². The Kier molecular flexibility index (Phi) is 7.62. The van der Waals surface area contributed by atoms with Gasteiger partial charge < -0.3 is 15.5 Å². The first-order valence-electron chi connectivity index (χ1n) is 9.01. The van der Waals surface area contributed by atoms with Gasteiger partial charge in [0.25, 0.3) is 5.91 Å². The Morgan fingerprint density at radius 1 is 1.44 bits per heavy atom. The average Bonchev–Trinajstić information content (AvgIpc) is 2.64. The highest BCUT2D eigenvalue weighted by Gasteiger charge is 2.24. The van der Waals surface area contributed by atoms with Gasteiger partial charge in [-0.15, -0.1) is 0 Å². The molecule has 1 aliphatic rings. The van der Waals surface area contributed by atoms with Crippen molar-refractivity contribution < 1.29 is 4.79 Å². The number of hydrogen-bond acceptors (Lipinski definition) is 3. The second-order valence-corrected chi connectivity index (χ2v) is 7.90. The zero-order valence-corrected chi connectivity index (χ0v) is 16.5. The first kappa shape index (κ1) is 19.6. The third kappa shape index (κ3) is 5.66. The molecule has 6 heteroatoms. The van der Waals surface area contributed by atoms with E-state index in [4.69, 9.17) is 4.99 Å². The molecular formula is C19H30N4OS. The number of carbonyl (C=O) groups excluding carboxylic acids is 1. The molecule has 1 aliphatic heterocycles. The summed E-state index contributed by atoms with van der Waals surface area (Å²) in [7, 11) is 1.65. The normalized spacial score (nSPS) is 18.4. The predicted octanol–water partition coefficient (Wildman–Crippen LogP) is 2.59. The maximum Gasteiger partial charge on any atom is 0.251 e. The van der Waals surface area contributed by atoms with Crippen molar-refractivity contribution in [3.8, 4) is 0 Å². The number of guanidine groups is 1. The summed E-state index contributed by atoms with van der Waals surface area (Å²) in [4.78, 5) is 19.0. The number of amides is 1. The van der Waals surface area contributed by atoms with Gasteiger partial charge in [0.15, 0.2) is 5.96 Å². The molecule has 0 aliphatic carbocycles. The summed E-state index contributed by atoms with van der Waals surface area (Å²) >= 11 is 2.06. The van der Waals surface area contributed by atoms with Crippen molar-refractivity contribution >= 4 is 23.6 Å². The molecule has 1 saturated heterocycles. The van der Waals surface area contributed by atoms with E-state index in [1.165, 1.54) is 0 Å². The second-order valence-electron chi connectivity index (χ2n) is 6.55. The Labute approximate surface area is 155 Å². The average molecular weight is 363 g/mol. The lowest BCUT2D eigenvalue weighted by Gasteiger charge is -2.36. The highest BCUT2D eigenvalue weighted by atomic mass is 32.2. The van der Waals surface area contributed by atoms with Crippen LogP contribution in [0.2, 0.25) is 0 Å². The molecule has 0 aromatic heterocycles. The summed E-state index contributed by atoms with van der Waals surface area (Å²) in [6, 6.07) is 7.67. The molecule has 1 aromatic rings. The number of thioether (sulfide) groups is 1. The SMILES string of the molecule is CCNC(=NCc1cccc(C(=O)NC)c1)N1CCSC(C(C)C)C1. The Bertz CT molecular complexity index is 603. The van der Waals surface area contributed by atoms with Gasteiger partial charge in [-0.05, 0) is 30.5 Å². The minimum atomic E-state index is -0.0643. The summed E-state index contributed by atoms with van der Waals surface area (Å²) in [6.45, 7) is 10.2. The molecule has 1 unspecified atom stereocenters. The van der Waals surface area contributed by atoms with Gasteiger partial charge >= 0.3 is 0 Å². The van der Waals surface area contributed by atoms with E-state index in [0.29, 0.717) is 23.3 Å². The van der Waals surface area contributed by atoms with Crippen molar-refractivity contribution in [1.82, 2.24) is 15.5 Å². The maximum atomic E-state index is 11.8. The third-order valence-corrected chi connectivity index (χ3v) is 5.84. The molecule has 1 atom stereocenters. The van der Waals surface area contributed by atoms with Gasteiger partial charge in [0, 0.05) is 43.2 Å². The zero-order chi connectivity index (χ0) is 18.2. The van der Waals surface area contributed by atoms with E-state index in [1.807, 2.05) is 24.3 Å². The van der Waals surface area contributed by atoms with Crippen molar-refractivity contribution in [2.75, 3.05) is 32.4 Å². The fourth-order valence-corrected chi connectivity index (χ4v) is 4.12. The number of hydrogen-bond donors (Lipinski definition) is 2. The first-order valence-corrected chi connectivity index (χ1v) is 10.1. The van der Waals surface area contributed by atoms with Gasteiger partial charge in [-0.1, -0.05) is 26.0 Å². The van der Waals surface area contributed by atoms with Crippen molar-refractivity contribution in [2.45, 2.75) is 32.6 Å². The molecule has 1 aromatic carbocycles. The number of aliphatic imine (C=N–C) groups is 1. The highest BCUT2D eigenvalue weighted by Crippen LogP contribution is 2.25. The lowest BCUT2D eigenvalue weighted by Crippen LogP contribution is -2.49. The van der Waals surface area contributed by atoms with Crippen LogP contribution in [0.25, 0.3) is 0 Å². The molecule has 0 spiro atoms. The van der Waals surface area contributed by atoms with E-state index in [9.17, 15) is 4.79 Å². The summed E-state index contributed by atoms with van der Waals surface area (Å²) in [5, 5.41) is 6.73. The van der Waals surface area contributed by atoms with Crippen molar-refractivity contribution in [3.05, 3.63) is 35.4 Å². The number of benzene rings is 1. The zero-order valence-electron chi connectivity index (χ0n) is 15.7. The van der Waals surface area contributed by atoms with E-state index in [0.717, 1.165) is 36.9 Å². The van der Waals surface area contributed by atoms with Gasteiger partial charge in [-0.3, -0.25) is 4.79 Å². The molecule has 1 fully saturated rings. The van der Waals surface area contributed by atoms with Gasteiger partial charge in [0.05, 0.1) is 6.54 Å². The van der Waals surface area contributed by atoms with Crippen LogP contribution in [0.4, 0.5) is 0 Å². The van der Waals surface area contributed by atoms with E-state index < -0.39 is 0 Å². The molecular weight excluding hydrogens is 332 g/mol. The van der Waals surface area contributed by atoms with Crippen molar-refractivity contribution in [3.63, 3.8) is 0 Å². The summed E-state index contributed by atoms with van der Waals surface area (Å²) < 4.78 is 0. The number of nitrogens with one attached hydrogen (secondary N) is 2. The quantitative estimate of drug-likeness (QED) is 0.624. The van der Waals surface area contributed by atoms with E-state index in [1.54, 1.807) is 7.05 Å². The predicted molar refractivity (Wildman–Crippen MR) is 107 cm³/mol. The number of nitrogens with zero attached hydrogens (tertiary/aromatic N) is 2. The Morgan fingerprint density at radius 2 is 2.24 bits per heavy atom. The smallest absolute Gasteiger partial charge is 0.251 e. The van der Waals surface area contributed by atoms with Crippen LogP contribution >= 0.6 is 11.8 Å². The molecule has 0 bridgehead atoms. The molecule has 1 amide bonds. The largest absolute Gasteiger partial charge is 0.357 e. The van der Waals surface area contributed by atoms with Gasteiger partial charge in [-0.2, -0.15) is 11.8 Å². The van der Waals surface area contributed by atoms with Crippen molar-refractivity contribution in [1.29, 1.82) is 0 Å². The fraction of sp³-hybridized carbons (Fsp3) is 0.579. The topological polar surface area (TPSA) is 56.7 Å². The third-order valence-electron chi connectivity index (χ3n) is 4.30. The molecule has 2 N–H and O–H groups in total. The molecule has 0 saturated carbocycles. The summed E-state index contributed by atoms with van der Waals surface area (Å²) in [5.41, 5.74) is 1.72. The van der Waals surface area contributed by atoms with Gasteiger partial charge in [-0.25, -0.2) is 4.99 Å². The van der Waals surface area contributed by atoms with Crippen LogP contribution in [0, 0.1) is 5.92 Å². The minimum absolute atomic E-state index is 0.0643. The van der Waals surface area contributed by atoms with E-state index in [2.05, 4.69) is 48.1 Å². The molecule has 1 heterocycles. The lowest BCUT2D eigenvalue weighted by molar-refractivity contribution is 0.0963. The molecule has 25 heavy (non-hydrogen) atoms. The lowest BCUT2D eigenvalue weighted by atomic mass is 10.1. The van der Waals surface area contributed by atoms with Crippen LogP contribution < -0.4 is 10.6 Å². The highest BCUT2D eigenvalue weighted by molar-refractivity contribution is 8.00. The van der Waals surface area contributed by atoms with Crippen LogP contribution in [-0.2, 0) is 6.54 Å². The molecule has 2 rings (SSSR count). The standard InChI is InChI=1S/C19H30N4OS/c1-5-21-19(23-9-10-25-17(13-23)14(2)3)22-12-15-7-6-8-16(11-15)18(24)20-4/h6-8,11,14,17H,5,9-10,12-13H2,1-4H3,(H,20,24)(H,21,22). The first-order chi connectivity index (χ1) is 12.0. The van der Waals surface area contributed by atoms with Crippen LogP contribution in [0.5, 0.6) is 0 Å². The monoisotopic (exact) mass is 362 g/mol. The number of carbonyl (C=O) groups is 1. The fourth-order valence-electron chi connectivity index (χ4n) is 2.82. The van der Waals surface area contributed by atoms with Gasteiger partial charge in [0.2, 0.25) is 0 Å². The molecule has 138 valence electrons. The van der Waals surface area contributed by atoms with Crippen LogP contribution in [0.3, 0.4) is 0 Å². The number of rotatable bonds is 5. The maximum absolute atomic E-state index is 11.8. The Balaban J connectivity index is 2.10. The van der Waals surface area contributed by atoms with Crippen molar-refractivity contribution in [2.24, 2.45) is 10.9 Å². The van der Waals surface area contributed by atoms with Gasteiger partial charge in [0.1, 0.15) is 0 Å². The molecule has 0 radical (unpaired) electrons. The Hall–Kier alpha value is -1.69. The summed E-state index contributed by atoms with van der Waals surface area (Å²) in [6.07, 6.45) is 0. The summed E-state index contributed by atoms with van der Waals surface area (Å²) in [5.74, 6) is 2.71. The Morgan fingerprint density at radius 3 is 2.92 bits per heavy atom. The van der Waals surface area contributed by atoms with Crippen LogP contribution in [0.15, 0.2) is 29.3 Å². The molecule has 5 nitrogen and oxygen atoms in total. The minimum Gasteiger partial charge on any atom is -0.357 e. The van der Waals surface area contributed by atoms with E-state index >= 15 is 0 Å². The second kappa shape index (κ2) is 9.70. The van der Waals surface area contributed by atoms with E-state index in [-0.39, 0.29) is 5.91 Å².